The van der Waals surface area contributed by atoms with E-state index < -0.39 is 12.0 Å². The molecule has 0 saturated heterocycles. The average Bonchev–Trinajstić information content (AvgIpc) is 3.38. The number of hydrogen-bond donors (Lipinski definition) is 2. The van der Waals surface area contributed by atoms with Crippen LogP contribution in [0.4, 0.5) is 5.82 Å². The molecule has 2 N–H and O–H groups in total. The van der Waals surface area contributed by atoms with Gasteiger partial charge in [-0.15, -0.1) is 0 Å². The molecule has 0 spiro atoms. The molecule has 1 aromatic carbocycles. The molecule has 7 heteroatoms. The second-order valence-corrected chi connectivity index (χ2v) is 8.38. The Morgan fingerprint density at radius 3 is 2.46 bits per heavy atom. The van der Waals surface area contributed by atoms with Crippen LogP contribution < -0.4 is 5.32 Å². The van der Waals surface area contributed by atoms with E-state index in [1.807, 2.05) is 36.4 Å². The number of para-hydroxylation sites is 1. The summed E-state index contributed by atoms with van der Waals surface area (Å²) in [7, 11) is 0. The van der Waals surface area contributed by atoms with Gasteiger partial charge in [-0.3, -0.25) is 14.5 Å². The molecule has 1 heterocycles. The smallest absolute Gasteiger partial charge is 0.320 e. The number of benzene rings is 1. The van der Waals surface area contributed by atoms with Gasteiger partial charge in [-0.2, -0.15) is 5.10 Å². The number of nitrogens with one attached hydrogen (secondary N) is 1. The van der Waals surface area contributed by atoms with Crippen LogP contribution in [0.3, 0.4) is 0 Å². The third kappa shape index (κ3) is 4.59. The quantitative estimate of drug-likeness (QED) is 0.766. The third-order valence-electron chi connectivity index (χ3n) is 4.94. The SMILES string of the molecule is CC(C(=O)O)N(CC(=O)Nc1cc(C(C)(C)C)nn1-c1ccccc1)C1CC1. The number of aliphatic carboxylic acids is 1. The van der Waals surface area contributed by atoms with Gasteiger partial charge in [0.25, 0.3) is 0 Å². The van der Waals surface area contributed by atoms with Crippen molar-refractivity contribution in [3.8, 4) is 5.69 Å². The van der Waals surface area contributed by atoms with Crippen LogP contribution in [0.25, 0.3) is 5.69 Å². The molecule has 0 bridgehead atoms. The molecule has 1 saturated carbocycles. The van der Waals surface area contributed by atoms with Crippen LogP contribution in [0.5, 0.6) is 0 Å². The lowest BCUT2D eigenvalue weighted by molar-refractivity contribution is -0.143. The molecule has 1 fully saturated rings. The number of amides is 1. The Morgan fingerprint density at radius 2 is 1.93 bits per heavy atom. The molecule has 28 heavy (non-hydrogen) atoms. The number of rotatable bonds is 7. The topological polar surface area (TPSA) is 87.5 Å². The van der Waals surface area contributed by atoms with E-state index >= 15 is 0 Å². The summed E-state index contributed by atoms with van der Waals surface area (Å²) in [5.41, 5.74) is 1.55. The fraction of sp³-hybridized carbons (Fsp3) is 0.476. The molecular formula is C21H28N4O3. The maximum atomic E-state index is 12.7. The highest BCUT2D eigenvalue weighted by molar-refractivity contribution is 5.92. The lowest BCUT2D eigenvalue weighted by Crippen LogP contribution is -2.45. The maximum absolute atomic E-state index is 12.7. The predicted molar refractivity (Wildman–Crippen MR) is 108 cm³/mol. The number of carboxylic acids is 1. The number of carbonyl (C=O) groups is 2. The van der Waals surface area contributed by atoms with Crippen LogP contribution in [-0.2, 0) is 15.0 Å². The number of carbonyl (C=O) groups excluding carboxylic acids is 1. The Labute approximate surface area is 165 Å². The molecule has 7 nitrogen and oxygen atoms in total. The van der Waals surface area contributed by atoms with E-state index in [4.69, 9.17) is 0 Å². The van der Waals surface area contributed by atoms with E-state index in [-0.39, 0.29) is 23.9 Å². The van der Waals surface area contributed by atoms with Gasteiger partial charge in [0.2, 0.25) is 5.91 Å². The van der Waals surface area contributed by atoms with Crippen molar-refractivity contribution < 1.29 is 14.7 Å². The van der Waals surface area contributed by atoms with Crippen molar-refractivity contribution in [1.29, 1.82) is 0 Å². The van der Waals surface area contributed by atoms with E-state index in [2.05, 4.69) is 31.2 Å². The largest absolute Gasteiger partial charge is 0.480 e. The van der Waals surface area contributed by atoms with Gasteiger partial charge >= 0.3 is 5.97 Å². The molecular weight excluding hydrogens is 356 g/mol. The first-order valence-corrected chi connectivity index (χ1v) is 9.61. The number of nitrogens with zero attached hydrogens (tertiary/aromatic N) is 3. The summed E-state index contributed by atoms with van der Waals surface area (Å²) in [4.78, 5) is 25.9. The summed E-state index contributed by atoms with van der Waals surface area (Å²) in [6, 6.07) is 11.0. The van der Waals surface area contributed by atoms with Crippen molar-refractivity contribution in [2.45, 2.75) is 58.0 Å². The predicted octanol–water partition coefficient (Wildman–Crippen LogP) is 3.05. The second kappa shape index (κ2) is 7.75. The highest BCUT2D eigenvalue weighted by atomic mass is 16.4. The van der Waals surface area contributed by atoms with Crippen LogP contribution in [0.2, 0.25) is 0 Å². The van der Waals surface area contributed by atoms with Gasteiger partial charge in [0.15, 0.2) is 0 Å². The molecule has 1 amide bonds. The van der Waals surface area contributed by atoms with Gasteiger partial charge in [-0.05, 0) is 31.9 Å². The third-order valence-corrected chi connectivity index (χ3v) is 4.94. The van der Waals surface area contributed by atoms with Gasteiger partial charge in [0.1, 0.15) is 11.9 Å². The number of anilines is 1. The summed E-state index contributed by atoms with van der Waals surface area (Å²) in [6.07, 6.45) is 1.86. The first kappa shape index (κ1) is 20.1. The number of hydrogen-bond acceptors (Lipinski definition) is 4. The molecule has 1 aromatic heterocycles. The van der Waals surface area contributed by atoms with Crippen molar-refractivity contribution in [3.05, 3.63) is 42.1 Å². The standard InChI is InChI=1S/C21H28N4O3/c1-14(20(27)28)24(15-10-11-15)13-19(26)22-18-12-17(21(2,3)4)23-25(18)16-8-6-5-7-9-16/h5-9,12,14-15H,10-11,13H2,1-4H3,(H,22,26)(H,27,28). The lowest BCUT2D eigenvalue weighted by Gasteiger charge is -2.25. The molecule has 3 rings (SSSR count). The number of carboxylic acid groups (broad SMARTS) is 1. The maximum Gasteiger partial charge on any atom is 0.320 e. The van der Waals surface area contributed by atoms with E-state index in [1.54, 1.807) is 16.5 Å². The fourth-order valence-corrected chi connectivity index (χ4v) is 3.08. The summed E-state index contributed by atoms with van der Waals surface area (Å²) in [5, 5.41) is 17.0. The Morgan fingerprint density at radius 1 is 1.29 bits per heavy atom. The van der Waals surface area contributed by atoms with E-state index in [0.29, 0.717) is 5.82 Å². The van der Waals surface area contributed by atoms with Gasteiger partial charge in [0, 0.05) is 17.5 Å². The summed E-state index contributed by atoms with van der Waals surface area (Å²) in [5.74, 6) is -0.568. The lowest BCUT2D eigenvalue weighted by atomic mass is 9.92. The highest BCUT2D eigenvalue weighted by Crippen LogP contribution is 2.29. The molecule has 0 aliphatic heterocycles. The van der Waals surface area contributed by atoms with Gasteiger partial charge in [-0.1, -0.05) is 39.0 Å². The molecule has 1 aliphatic carbocycles. The molecule has 1 unspecified atom stereocenters. The van der Waals surface area contributed by atoms with Crippen LogP contribution in [0.1, 0.15) is 46.2 Å². The Hall–Kier alpha value is -2.67. The molecule has 1 atom stereocenters. The van der Waals surface area contributed by atoms with Crippen molar-refractivity contribution in [1.82, 2.24) is 14.7 Å². The molecule has 150 valence electrons. The minimum Gasteiger partial charge on any atom is -0.480 e. The van der Waals surface area contributed by atoms with Gasteiger partial charge in [0.05, 0.1) is 17.9 Å². The second-order valence-electron chi connectivity index (χ2n) is 8.38. The van der Waals surface area contributed by atoms with Gasteiger partial charge < -0.3 is 10.4 Å². The Balaban J connectivity index is 1.83. The fourth-order valence-electron chi connectivity index (χ4n) is 3.08. The van der Waals surface area contributed by atoms with Crippen molar-refractivity contribution in [2.75, 3.05) is 11.9 Å². The van der Waals surface area contributed by atoms with E-state index in [1.165, 1.54) is 0 Å². The minimum atomic E-state index is -0.913. The molecule has 0 radical (unpaired) electrons. The average molecular weight is 384 g/mol. The Bertz CT molecular complexity index is 850. The molecule has 1 aliphatic rings. The first-order valence-electron chi connectivity index (χ1n) is 9.61. The zero-order valence-corrected chi connectivity index (χ0v) is 16.8. The zero-order chi connectivity index (χ0) is 20.5. The van der Waals surface area contributed by atoms with E-state index in [0.717, 1.165) is 24.2 Å². The highest BCUT2D eigenvalue weighted by Gasteiger charge is 2.36. The van der Waals surface area contributed by atoms with Gasteiger partial charge in [-0.25, -0.2) is 4.68 Å². The van der Waals surface area contributed by atoms with Crippen molar-refractivity contribution in [3.63, 3.8) is 0 Å². The van der Waals surface area contributed by atoms with Crippen LogP contribution >= 0.6 is 0 Å². The Kier molecular flexibility index (Phi) is 5.56. The monoisotopic (exact) mass is 384 g/mol. The van der Waals surface area contributed by atoms with Crippen molar-refractivity contribution >= 4 is 17.7 Å². The zero-order valence-electron chi connectivity index (χ0n) is 16.8. The first-order chi connectivity index (χ1) is 13.2. The van der Waals surface area contributed by atoms with Crippen molar-refractivity contribution in [2.24, 2.45) is 0 Å². The number of aromatic nitrogens is 2. The van der Waals surface area contributed by atoms with Crippen LogP contribution in [0.15, 0.2) is 36.4 Å². The van der Waals surface area contributed by atoms with Crippen LogP contribution in [0, 0.1) is 0 Å². The van der Waals surface area contributed by atoms with E-state index in [9.17, 15) is 14.7 Å². The minimum absolute atomic E-state index is 0.0446. The normalized spacial score (nSPS) is 15.5. The summed E-state index contributed by atoms with van der Waals surface area (Å²) < 4.78 is 1.72. The summed E-state index contributed by atoms with van der Waals surface area (Å²) in [6.45, 7) is 7.88. The molecule has 2 aromatic rings. The van der Waals surface area contributed by atoms with Crippen LogP contribution in [-0.4, -0.2) is 50.3 Å². The summed E-state index contributed by atoms with van der Waals surface area (Å²) >= 11 is 0.